The van der Waals surface area contributed by atoms with Crippen molar-refractivity contribution in [1.82, 2.24) is 30.2 Å². The fourth-order valence-electron chi connectivity index (χ4n) is 4.28. The van der Waals surface area contributed by atoms with E-state index in [9.17, 15) is 13.2 Å². The highest BCUT2D eigenvalue weighted by Crippen LogP contribution is 2.35. The van der Waals surface area contributed by atoms with Crippen molar-refractivity contribution in [1.29, 1.82) is 0 Å². The molecule has 2 fully saturated rings. The van der Waals surface area contributed by atoms with Crippen LogP contribution in [0.2, 0.25) is 0 Å². The molecule has 13 heteroatoms. The second-order valence-corrected chi connectivity index (χ2v) is 11.0. The Labute approximate surface area is 214 Å². The molecule has 3 aromatic heterocycles. The first-order valence-electron chi connectivity index (χ1n) is 12.2. The summed E-state index contributed by atoms with van der Waals surface area (Å²) >= 11 is 0. The van der Waals surface area contributed by atoms with Gasteiger partial charge in [-0.1, -0.05) is 0 Å². The van der Waals surface area contributed by atoms with Gasteiger partial charge >= 0.3 is 0 Å². The lowest BCUT2D eigenvalue weighted by molar-refractivity contribution is -0.122. The van der Waals surface area contributed by atoms with E-state index in [1.807, 2.05) is 6.92 Å². The molecule has 0 atom stereocenters. The lowest BCUT2D eigenvalue weighted by Gasteiger charge is -2.35. The quantitative estimate of drug-likeness (QED) is 0.377. The van der Waals surface area contributed by atoms with Gasteiger partial charge in [-0.25, -0.2) is 28.4 Å². The minimum atomic E-state index is -3.52. The highest BCUT2D eigenvalue weighted by molar-refractivity contribution is 7.93. The zero-order valence-corrected chi connectivity index (χ0v) is 21.2. The van der Waals surface area contributed by atoms with Crippen LogP contribution in [0.15, 0.2) is 43.0 Å². The predicted molar refractivity (Wildman–Crippen MR) is 136 cm³/mol. The van der Waals surface area contributed by atoms with Crippen LogP contribution in [-0.4, -0.2) is 64.2 Å². The molecule has 5 rings (SSSR count). The minimum absolute atomic E-state index is 0.0204. The Hall–Kier alpha value is -3.71. The summed E-state index contributed by atoms with van der Waals surface area (Å²) in [5.41, 5.74) is 0.834. The van der Waals surface area contributed by atoms with Gasteiger partial charge < -0.3 is 15.4 Å². The number of nitrogens with one attached hydrogen (secondary N) is 3. The summed E-state index contributed by atoms with van der Waals surface area (Å²) in [6.07, 6.45) is 8.49. The molecule has 12 nitrogen and oxygen atoms in total. The molecule has 194 valence electrons. The van der Waals surface area contributed by atoms with Gasteiger partial charge in [0.15, 0.2) is 0 Å². The van der Waals surface area contributed by atoms with Gasteiger partial charge in [0.2, 0.25) is 27.8 Å². The molecule has 0 bridgehead atoms. The summed E-state index contributed by atoms with van der Waals surface area (Å²) < 4.78 is 32.6. The van der Waals surface area contributed by atoms with E-state index in [1.54, 1.807) is 36.8 Å². The number of sulfonamides is 1. The second-order valence-electron chi connectivity index (χ2n) is 9.01. The first-order chi connectivity index (χ1) is 17.9. The number of aromatic nitrogens is 5. The molecule has 1 aliphatic heterocycles. The minimum Gasteiger partial charge on any atom is -0.477 e. The van der Waals surface area contributed by atoms with Gasteiger partial charge in [-0.15, -0.1) is 0 Å². The standard InChI is InChI=1S/C24H28N8O4S/c1-2-36-21-15-26-14-18(29-21)16-3-6-20(28-13-16)31-22(33)24(8-11-25-12-9-24)19-7-10-27-23(30-19)32-37(34,35)17-4-5-17/h3,6-7,10,13-15,17,25H,2,4-5,8-9,11-12H2,1H3,(H,27,30,32)(H,28,31,33). The van der Waals surface area contributed by atoms with Gasteiger partial charge in [0, 0.05) is 18.0 Å². The molecule has 4 heterocycles. The maximum Gasteiger partial charge on any atom is 0.237 e. The van der Waals surface area contributed by atoms with Crippen molar-refractivity contribution >= 4 is 27.7 Å². The summed E-state index contributed by atoms with van der Waals surface area (Å²) in [4.78, 5) is 35.2. The van der Waals surface area contributed by atoms with Crippen molar-refractivity contribution in [3.05, 3.63) is 48.7 Å². The number of anilines is 2. The first kappa shape index (κ1) is 25.0. The molecule has 1 saturated carbocycles. The number of pyridine rings is 1. The molecule has 2 aliphatic rings. The van der Waals surface area contributed by atoms with Gasteiger partial charge in [-0.05, 0) is 63.9 Å². The van der Waals surface area contributed by atoms with Crippen molar-refractivity contribution in [2.24, 2.45) is 0 Å². The van der Waals surface area contributed by atoms with Crippen molar-refractivity contribution in [2.75, 3.05) is 29.7 Å². The van der Waals surface area contributed by atoms with E-state index in [0.717, 1.165) is 5.56 Å². The van der Waals surface area contributed by atoms with Crippen LogP contribution in [0.25, 0.3) is 11.3 Å². The highest BCUT2D eigenvalue weighted by Gasteiger charge is 2.43. The Balaban J connectivity index is 1.36. The number of piperidine rings is 1. The maximum atomic E-state index is 13.7. The largest absolute Gasteiger partial charge is 0.477 e. The first-order valence-corrected chi connectivity index (χ1v) is 13.7. The topological polar surface area (TPSA) is 161 Å². The normalized spacial score (nSPS) is 17.1. The van der Waals surface area contributed by atoms with E-state index in [1.165, 1.54) is 6.20 Å². The third-order valence-corrected chi connectivity index (χ3v) is 8.26. The SMILES string of the molecule is CCOc1cncc(-c2ccc(NC(=O)C3(c4ccnc(NS(=O)(=O)C5CC5)n4)CCNCC3)nc2)n1. The molecule has 1 amide bonds. The lowest BCUT2D eigenvalue weighted by atomic mass is 9.75. The van der Waals surface area contributed by atoms with Crippen molar-refractivity contribution in [3.8, 4) is 17.1 Å². The molecule has 0 spiro atoms. The zero-order chi connectivity index (χ0) is 25.9. The molecular weight excluding hydrogens is 496 g/mol. The summed E-state index contributed by atoms with van der Waals surface area (Å²) in [5, 5.41) is 5.78. The van der Waals surface area contributed by atoms with Crippen molar-refractivity contribution < 1.29 is 17.9 Å². The van der Waals surface area contributed by atoms with Crippen LogP contribution in [0.1, 0.15) is 38.3 Å². The molecule has 0 radical (unpaired) electrons. The molecule has 37 heavy (non-hydrogen) atoms. The van der Waals surface area contributed by atoms with Crippen LogP contribution in [0.5, 0.6) is 5.88 Å². The van der Waals surface area contributed by atoms with Crippen LogP contribution in [0.4, 0.5) is 11.8 Å². The molecular formula is C24H28N8O4S. The summed E-state index contributed by atoms with van der Waals surface area (Å²) in [6.45, 7) is 3.58. The molecule has 1 aliphatic carbocycles. The third kappa shape index (κ3) is 5.52. The number of carbonyl (C=O) groups is 1. The van der Waals surface area contributed by atoms with Crippen LogP contribution in [-0.2, 0) is 20.2 Å². The number of hydrogen-bond acceptors (Lipinski definition) is 10. The van der Waals surface area contributed by atoms with Crippen LogP contribution in [0.3, 0.4) is 0 Å². The molecule has 0 unspecified atom stereocenters. The number of nitrogens with zero attached hydrogens (tertiary/aromatic N) is 5. The van der Waals surface area contributed by atoms with E-state index >= 15 is 0 Å². The monoisotopic (exact) mass is 524 g/mol. The van der Waals surface area contributed by atoms with E-state index in [2.05, 4.69) is 40.3 Å². The summed E-state index contributed by atoms with van der Waals surface area (Å²) in [7, 11) is -3.52. The Morgan fingerprint density at radius 2 is 1.92 bits per heavy atom. The van der Waals surface area contributed by atoms with Crippen molar-refractivity contribution in [3.63, 3.8) is 0 Å². The van der Waals surface area contributed by atoms with Crippen LogP contribution >= 0.6 is 0 Å². The molecule has 3 aromatic rings. The number of rotatable bonds is 9. The average Bonchev–Trinajstić information content (AvgIpc) is 3.77. The lowest BCUT2D eigenvalue weighted by Crippen LogP contribution is -2.49. The summed E-state index contributed by atoms with van der Waals surface area (Å²) in [5.74, 6) is 0.522. The van der Waals surface area contributed by atoms with E-state index in [-0.39, 0.29) is 11.9 Å². The maximum absolute atomic E-state index is 13.7. The smallest absolute Gasteiger partial charge is 0.237 e. The van der Waals surface area contributed by atoms with Crippen LogP contribution in [0, 0.1) is 0 Å². The number of amides is 1. The number of ether oxygens (including phenoxy) is 1. The highest BCUT2D eigenvalue weighted by atomic mass is 32.2. The van der Waals surface area contributed by atoms with Gasteiger partial charge in [0.25, 0.3) is 0 Å². The number of hydrogen-bond donors (Lipinski definition) is 3. The van der Waals surface area contributed by atoms with E-state index in [4.69, 9.17) is 4.74 Å². The number of carbonyl (C=O) groups excluding carboxylic acids is 1. The molecule has 3 N–H and O–H groups in total. The Morgan fingerprint density at radius 3 is 2.62 bits per heavy atom. The average molecular weight is 525 g/mol. The van der Waals surface area contributed by atoms with Gasteiger partial charge in [0.05, 0.1) is 41.1 Å². The molecule has 0 aromatic carbocycles. The molecule has 1 saturated heterocycles. The Morgan fingerprint density at radius 1 is 1.11 bits per heavy atom. The second kappa shape index (κ2) is 10.3. The zero-order valence-electron chi connectivity index (χ0n) is 20.3. The van der Waals surface area contributed by atoms with Crippen LogP contribution < -0.4 is 20.1 Å². The Bertz CT molecular complexity index is 1370. The van der Waals surface area contributed by atoms with Gasteiger partial charge in [-0.2, -0.15) is 0 Å². The Kier molecular flexibility index (Phi) is 6.98. The van der Waals surface area contributed by atoms with Gasteiger partial charge in [-0.3, -0.25) is 14.5 Å². The fraction of sp³-hybridized carbons (Fsp3) is 0.417. The predicted octanol–water partition coefficient (Wildman–Crippen LogP) is 1.89. The fourth-order valence-corrected chi connectivity index (χ4v) is 5.55. The van der Waals surface area contributed by atoms with E-state index in [0.29, 0.717) is 68.5 Å². The van der Waals surface area contributed by atoms with E-state index < -0.39 is 20.7 Å². The van der Waals surface area contributed by atoms with Crippen molar-refractivity contribution in [2.45, 2.75) is 43.3 Å². The van der Waals surface area contributed by atoms with Gasteiger partial charge in [0.1, 0.15) is 5.82 Å². The summed E-state index contributed by atoms with van der Waals surface area (Å²) in [6, 6.07) is 5.17. The third-order valence-electron chi connectivity index (χ3n) is 6.44.